The van der Waals surface area contributed by atoms with Gasteiger partial charge in [0.1, 0.15) is 41.8 Å². The Labute approximate surface area is 198 Å². The standard InChI is InChI=1S/C23H22N2O8S/c1-12-4-3-5-15(8-12)32-10-16-6-7-17(33-16)20(27)24-18-21(28)25-19(23(29)30)14(9-31-13(2)26)11-34-22(18)25/h3-8,18,22H,9-11H2,1-2H3,(H,24,27)(H,29,30)/t18-,22+/m1/s1. The van der Waals surface area contributed by atoms with E-state index in [0.29, 0.717) is 17.1 Å². The van der Waals surface area contributed by atoms with Gasteiger partial charge in [0, 0.05) is 18.2 Å². The van der Waals surface area contributed by atoms with Crippen LogP contribution >= 0.6 is 11.8 Å². The van der Waals surface area contributed by atoms with Gasteiger partial charge in [-0.05, 0) is 36.8 Å². The fraction of sp³-hybridized carbons (Fsp3) is 0.304. The highest BCUT2D eigenvalue weighted by molar-refractivity contribution is 8.00. The molecule has 1 aromatic heterocycles. The zero-order valence-corrected chi connectivity index (χ0v) is 19.2. The van der Waals surface area contributed by atoms with E-state index >= 15 is 0 Å². The SMILES string of the molecule is CC(=O)OCC1=C(C(=O)O)N2C(=O)[C@@H](NC(=O)c3ccc(COc4cccc(C)c4)o3)[C@@H]2SC1. The summed E-state index contributed by atoms with van der Waals surface area (Å²) in [6.45, 7) is 3.08. The van der Waals surface area contributed by atoms with Crippen LogP contribution in [0.25, 0.3) is 0 Å². The number of thioether (sulfide) groups is 1. The smallest absolute Gasteiger partial charge is 0.352 e. The van der Waals surface area contributed by atoms with Gasteiger partial charge in [-0.1, -0.05) is 12.1 Å². The molecule has 2 aliphatic rings. The summed E-state index contributed by atoms with van der Waals surface area (Å²) in [7, 11) is 0. The Bertz CT molecular complexity index is 1190. The average molecular weight is 487 g/mol. The van der Waals surface area contributed by atoms with E-state index in [1.807, 2.05) is 31.2 Å². The van der Waals surface area contributed by atoms with Crippen LogP contribution in [0, 0.1) is 6.92 Å². The van der Waals surface area contributed by atoms with Crippen molar-refractivity contribution in [3.05, 3.63) is 64.8 Å². The Morgan fingerprint density at radius 2 is 2.03 bits per heavy atom. The zero-order chi connectivity index (χ0) is 24.4. The Hall–Kier alpha value is -3.73. The first-order valence-electron chi connectivity index (χ1n) is 10.4. The maximum absolute atomic E-state index is 12.7. The fourth-order valence-electron chi connectivity index (χ4n) is 3.63. The molecule has 2 aromatic rings. The average Bonchev–Trinajstić information content (AvgIpc) is 3.28. The predicted octanol–water partition coefficient (Wildman–Crippen LogP) is 2.08. The van der Waals surface area contributed by atoms with Crippen molar-refractivity contribution in [1.29, 1.82) is 0 Å². The minimum Gasteiger partial charge on any atom is -0.486 e. The molecule has 2 amide bonds. The number of carboxylic acid groups (broad SMARTS) is 1. The van der Waals surface area contributed by atoms with Crippen molar-refractivity contribution in [3.8, 4) is 5.75 Å². The third kappa shape index (κ3) is 4.79. The first kappa shape index (κ1) is 23.4. The second-order valence-electron chi connectivity index (χ2n) is 7.77. The highest BCUT2D eigenvalue weighted by Crippen LogP contribution is 2.40. The zero-order valence-electron chi connectivity index (χ0n) is 18.4. The Kier molecular flexibility index (Phi) is 6.64. The number of carbonyl (C=O) groups is 4. The predicted molar refractivity (Wildman–Crippen MR) is 120 cm³/mol. The van der Waals surface area contributed by atoms with Gasteiger partial charge in [0.15, 0.2) is 5.76 Å². The highest BCUT2D eigenvalue weighted by atomic mass is 32.2. The van der Waals surface area contributed by atoms with Crippen LogP contribution in [-0.4, -0.2) is 57.5 Å². The number of nitrogens with zero attached hydrogens (tertiary/aromatic N) is 1. The van der Waals surface area contributed by atoms with E-state index in [4.69, 9.17) is 13.9 Å². The van der Waals surface area contributed by atoms with Crippen LogP contribution in [0.5, 0.6) is 5.75 Å². The van der Waals surface area contributed by atoms with Crippen LogP contribution in [-0.2, 0) is 25.7 Å². The highest BCUT2D eigenvalue weighted by Gasteiger charge is 2.54. The van der Waals surface area contributed by atoms with Crippen LogP contribution in [0.4, 0.5) is 0 Å². The van der Waals surface area contributed by atoms with Crippen molar-refractivity contribution in [2.45, 2.75) is 31.9 Å². The lowest BCUT2D eigenvalue weighted by Gasteiger charge is -2.49. The molecular formula is C23H22N2O8S. The summed E-state index contributed by atoms with van der Waals surface area (Å²) in [5.41, 5.74) is 1.16. The van der Waals surface area contributed by atoms with E-state index in [1.165, 1.54) is 24.8 Å². The van der Waals surface area contributed by atoms with E-state index in [0.717, 1.165) is 10.5 Å². The van der Waals surface area contributed by atoms with Gasteiger partial charge in [0.2, 0.25) is 0 Å². The van der Waals surface area contributed by atoms with Crippen molar-refractivity contribution in [1.82, 2.24) is 10.2 Å². The summed E-state index contributed by atoms with van der Waals surface area (Å²) >= 11 is 1.28. The maximum Gasteiger partial charge on any atom is 0.352 e. The number of furan rings is 1. The van der Waals surface area contributed by atoms with Gasteiger partial charge in [-0.3, -0.25) is 19.3 Å². The first-order chi connectivity index (χ1) is 16.2. The van der Waals surface area contributed by atoms with E-state index < -0.39 is 35.2 Å². The topological polar surface area (TPSA) is 135 Å². The molecule has 2 N–H and O–H groups in total. The number of aliphatic carboxylic acids is 1. The molecule has 34 heavy (non-hydrogen) atoms. The molecule has 178 valence electrons. The van der Waals surface area contributed by atoms with E-state index in [1.54, 1.807) is 6.07 Å². The minimum absolute atomic E-state index is 0.0134. The number of nitrogens with one attached hydrogen (secondary N) is 1. The van der Waals surface area contributed by atoms with Crippen molar-refractivity contribution >= 4 is 35.5 Å². The minimum atomic E-state index is -1.30. The van der Waals surface area contributed by atoms with E-state index in [9.17, 15) is 24.3 Å². The van der Waals surface area contributed by atoms with Gasteiger partial charge in [0.05, 0.1) is 0 Å². The second kappa shape index (κ2) is 9.64. The van der Waals surface area contributed by atoms with Gasteiger partial charge in [-0.25, -0.2) is 4.79 Å². The van der Waals surface area contributed by atoms with Gasteiger partial charge >= 0.3 is 11.9 Å². The molecular weight excluding hydrogens is 464 g/mol. The number of benzene rings is 1. The Morgan fingerprint density at radius 3 is 2.74 bits per heavy atom. The molecule has 11 heteroatoms. The van der Waals surface area contributed by atoms with Crippen LogP contribution in [0.1, 0.15) is 28.8 Å². The Morgan fingerprint density at radius 1 is 1.24 bits per heavy atom. The number of ether oxygens (including phenoxy) is 2. The van der Waals surface area contributed by atoms with E-state index in [2.05, 4.69) is 5.32 Å². The fourth-order valence-corrected chi connectivity index (χ4v) is 4.96. The monoisotopic (exact) mass is 486 g/mol. The second-order valence-corrected chi connectivity index (χ2v) is 8.87. The van der Waals surface area contributed by atoms with Crippen molar-refractivity contribution < 1.29 is 38.2 Å². The summed E-state index contributed by atoms with van der Waals surface area (Å²) in [6.07, 6.45) is 0. The van der Waals surface area contributed by atoms with Gasteiger partial charge < -0.3 is 24.3 Å². The van der Waals surface area contributed by atoms with Crippen LogP contribution in [0.15, 0.2) is 52.1 Å². The molecule has 0 unspecified atom stereocenters. The van der Waals surface area contributed by atoms with Crippen molar-refractivity contribution in [2.24, 2.45) is 0 Å². The number of aryl methyl sites for hydroxylation is 1. The molecule has 2 atom stereocenters. The molecule has 1 saturated heterocycles. The molecule has 4 rings (SSSR count). The van der Waals surface area contributed by atoms with E-state index in [-0.39, 0.29) is 30.4 Å². The quantitative estimate of drug-likeness (QED) is 0.425. The number of fused-ring (bicyclic) bond motifs is 1. The molecule has 10 nitrogen and oxygen atoms in total. The molecule has 1 aromatic carbocycles. The van der Waals surface area contributed by atoms with Crippen molar-refractivity contribution in [2.75, 3.05) is 12.4 Å². The molecule has 0 bridgehead atoms. The molecule has 0 aliphatic carbocycles. The third-order valence-electron chi connectivity index (χ3n) is 5.24. The normalized spacial score (nSPS) is 19.2. The van der Waals surface area contributed by atoms with Crippen LogP contribution < -0.4 is 10.1 Å². The van der Waals surface area contributed by atoms with Gasteiger partial charge in [0.25, 0.3) is 11.8 Å². The number of amides is 2. The van der Waals surface area contributed by atoms with Gasteiger partial charge in [-0.15, -0.1) is 11.8 Å². The lowest BCUT2D eigenvalue weighted by molar-refractivity contribution is -0.149. The number of rotatable bonds is 8. The summed E-state index contributed by atoms with van der Waals surface area (Å²) < 4.78 is 16.1. The summed E-state index contributed by atoms with van der Waals surface area (Å²) in [6, 6.07) is 9.71. The summed E-state index contributed by atoms with van der Waals surface area (Å²) in [5.74, 6) is -1.62. The third-order valence-corrected chi connectivity index (χ3v) is 6.58. The Balaban J connectivity index is 1.38. The number of carboxylic acids is 1. The van der Waals surface area contributed by atoms with Gasteiger partial charge in [-0.2, -0.15) is 0 Å². The number of hydrogen-bond donors (Lipinski definition) is 2. The molecule has 3 heterocycles. The molecule has 0 radical (unpaired) electrons. The molecule has 2 aliphatic heterocycles. The molecule has 0 saturated carbocycles. The number of esters is 1. The number of hydrogen-bond acceptors (Lipinski definition) is 8. The maximum atomic E-state index is 12.7. The summed E-state index contributed by atoms with van der Waals surface area (Å²) in [5, 5.41) is 11.6. The van der Waals surface area contributed by atoms with Crippen LogP contribution in [0.3, 0.4) is 0 Å². The lowest BCUT2D eigenvalue weighted by atomic mass is 10.0. The molecule has 0 spiro atoms. The summed E-state index contributed by atoms with van der Waals surface area (Å²) in [4.78, 5) is 49.3. The lowest BCUT2D eigenvalue weighted by Crippen LogP contribution is -2.70. The first-order valence-corrected chi connectivity index (χ1v) is 11.4. The molecule has 1 fully saturated rings. The number of carbonyl (C=O) groups excluding carboxylic acids is 3. The number of β-lactam (4-membered cyclic amide) rings is 1. The van der Waals surface area contributed by atoms with Crippen molar-refractivity contribution in [3.63, 3.8) is 0 Å². The largest absolute Gasteiger partial charge is 0.486 e. The van der Waals surface area contributed by atoms with Crippen LogP contribution in [0.2, 0.25) is 0 Å².